The summed E-state index contributed by atoms with van der Waals surface area (Å²) in [6, 6.07) is 9.37. The number of hydrogen-bond donors (Lipinski definition) is 0. The highest BCUT2D eigenvalue weighted by atomic mass is 28.4. The highest BCUT2D eigenvalue weighted by Crippen LogP contribution is 2.43. The van der Waals surface area contributed by atoms with E-state index in [0.29, 0.717) is 45.8 Å². The Morgan fingerprint density at radius 3 is 2.04 bits per heavy atom. The summed E-state index contributed by atoms with van der Waals surface area (Å²) in [6.07, 6.45) is 13.5. The van der Waals surface area contributed by atoms with Crippen LogP contribution in [0.3, 0.4) is 0 Å². The van der Waals surface area contributed by atoms with Gasteiger partial charge in [0.05, 0.1) is 43.5 Å². The van der Waals surface area contributed by atoms with Crippen LogP contribution in [0, 0.1) is 11.8 Å². The van der Waals surface area contributed by atoms with Gasteiger partial charge < -0.3 is 41.9 Å². The summed E-state index contributed by atoms with van der Waals surface area (Å²) in [4.78, 5) is 32.6. The number of carbonyl (C=O) groups is 2. The lowest BCUT2D eigenvalue weighted by molar-refractivity contribution is -0.152. The van der Waals surface area contributed by atoms with Crippen molar-refractivity contribution in [1.82, 2.24) is 9.80 Å². The molecule has 3 aliphatic heterocycles. The Balaban J connectivity index is 2.09. The number of cyclic esters (lactones) is 1. The first-order valence-electron chi connectivity index (χ1n) is 29.2. The fraction of sp³-hybridized carbons (Fsp3) is 0.828. The van der Waals surface area contributed by atoms with Crippen molar-refractivity contribution in [3.05, 3.63) is 48.6 Å². The third-order valence-corrected chi connectivity index (χ3v) is 31.6. The highest BCUT2D eigenvalue weighted by molar-refractivity contribution is 6.74. The minimum atomic E-state index is -2.17. The van der Waals surface area contributed by atoms with E-state index >= 15 is 0 Å². The molecule has 0 N–H and O–H groups in total. The summed E-state index contributed by atoms with van der Waals surface area (Å²) < 4.78 is 53.9. The molecule has 15 heteroatoms. The Kier molecular flexibility index (Phi) is 28.2. The fourth-order valence-electron chi connectivity index (χ4n) is 11.4. The predicted molar refractivity (Wildman–Crippen MR) is 308 cm³/mol. The van der Waals surface area contributed by atoms with E-state index in [0.717, 1.165) is 92.4 Å². The van der Waals surface area contributed by atoms with Crippen molar-refractivity contribution in [2.45, 2.75) is 245 Å². The first-order valence-corrected chi connectivity index (χ1v) is 36.8. The average Bonchev–Trinajstić information content (AvgIpc) is 4.16. The molecular formula is C58H108N2O10Si3. The molecule has 2 saturated heterocycles. The molecule has 0 aliphatic carbocycles. The smallest absolute Gasteiger partial charge is 0.410 e. The predicted octanol–water partition coefficient (Wildman–Crippen LogP) is 13.7. The van der Waals surface area contributed by atoms with Crippen molar-refractivity contribution in [2.75, 3.05) is 52.5 Å². The molecule has 73 heavy (non-hydrogen) atoms. The molecule has 0 aromatic carbocycles. The first kappa shape index (κ1) is 65.4. The molecule has 10 atom stereocenters. The second-order valence-corrected chi connectivity index (χ2v) is 36.2. The van der Waals surface area contributed by atoms with Crippen molar-refractivity contribution in [3.63, 3.8) is 0 Å². The lowest BCUT2D eigenvalue weighted by Gasteiger charge is -2.40. The fourth-order valence-corrected chi connectivity index (χ4v) is 20.4. The molecule has 0 aromatic rings. The average molecular weight is 1080 g/mol. The standard InChI is InChI=1S/C58H108N2O10Si3/c1-18-37-59-38-40-60(41-39-59)56(62)66-52-33-32-47(14)54(67-53(61)44-49(68-71(21-4,22-5)23-6)34-36-58(52,17)64-43-42-63-20-3)46(13)31-30-35-57(16,70-73(27-10,28-11)29-12)45-51-55(65-51)48(15)50(19-2)69-72(24-7,25-8)26-9/h18,30-33,35,47-52,54-55H,1,19-29,34,36-45H2,2-17H3/b33-32+,35-30+,46-31+. The second kappa shape index (κ2) is 31.5. The van der Waals surface area contributed by atoms with Crippen LogP contribution in [-0.2, 0) is 41.8 Å². The second-order valence-electron chi connectivity index (χ2n) is 22.1. The first-order chi connectivity index (χ1) is 34.7. The summed E-state index contributed by atoms with van der Waals surface area (Å²) >= 11 is 0. The Bertz CT molecular complexity index is 1710. The lowest BCUT2D eigenvalue weighted by atomic mass is 9.88. The lowest BCUT2D eigenvalue weighted by Crippen LogP contribution is -2.52. The third kappa shape index (κ3) is 19.2. The zero-order chi connectivity index (χ0) is 54.5. The molecule has 3 rings (SSSR count). The molecule has 1 amide bonds. The number of allylic oxidation sites excluding steroid dienone is 2. The van der Waals surface area contributed by atoms with Crippen LogP contribution in [-0.4, -0.2) is 147 Å². The van der Waals surface area contributed by atoms with Gasteiger partial charge in [-0.15, -0.1) is 6.58 Å². The van der Waals surface area contributed by atoms with E-state index < -0.39 is 54.5 Å². The van der Waals surface area contributed by atoms with Gasteiger partial charge in [0, 0.05) is 63.7 Å². The van der Waals surface area contributed by atoms with E-state index in [1.165, 1.54) is 0 Å². The molecule has 10 unspecified atom stereocenters. The summed E-state index contributed by atoms with van der Waals surface area (Å²) in [7, 11) is -6.02. The maximum atomic E-state index is 14.4. The van der Waals surface area contributed by atoms with Crippen LogP contribution in [0.15, 0.2) is 48.6 Å². The van der Waals surface area contributed by atoms with Crippen LogP contribution in [0.25, 0.3) is 0 Å². The number of carbonyl (C=O) groups excluding carboxylic acids is 2. The Labute approximate surface area is 449 Å². The van der Waals surface area contributed by atoms with E-state index in [2.05, 4.69) is 120 Å². The van der Waals surface area contributed by atoms with Gasteiger partial charge in [-0.25, -0.2) is 4.79 Å². The number of epoxide rings is 1. The quantitative estimate of drug-likeness (QED) is 0.0165. The van der Waals surface area contributed by atoms with Crippen molar-refractivity contribution in [1.29, 1.82) is 0 Å². The molecule has 12 nitrogen and oxygen atoms in total. The van der Waals surface area contributed by atoms with E-state index in [4.69, 9.17) is 37.0 Å². The molecule has 0 radical (unpaired) electrons. The van der Waals surface area contributed by atoms with Gasteiger partial charge in [-0.05, 0) is 113 Å². The van der Waals surface area contributed by atoms with Crippen LogP contribution < -0.4 is 0 Å². The molecule has 0 saturated carbocycles. The SMILES string of the molecule is C=CCN1CCN(C(=O)OC2/C=C/C(C)C(/C(C)=C/C=C/C(C)(CC3OC3C(C)C(CC)O[Si](CC)(CC)CC)O[Si](CC)(CC)CC)OC(=O)CC(O[Si](CC)(CC)CC)CCC2(C)OCCOCC)CC1. The van der Waals surface area contributed by atoms with Crippen molar-refractivity contribution in [2.24, 2.45) is 11.8 Å². The van der Waals surface area contributed by atoms with Gasteiger partial charge in [-0.1, -0.05) is 113 Å². The number of esters is 1. The van der Waals surface area contributed by atoms with Crippen LogP contribution in [0.5, 0.6) is 0 Å². The van der Waals surface area contributed by atoms with Gasteiger partial charge in [-0.3, -0.25) is 9.69 Å². The number of hydrogen-bond acceptors (Lipinski definition) is 11. The van der Waals surface area contributed by atoms with Gasteiger partial charge in [0.2, 0.25) is 0 Å². The van der Waals surface area contributed by atoms with Crippen molar-refractivity contribution >= 4 is 37.0 Å². The maximum Gasteiger partial charge on any atom is 0.410 e. The van der Waals surface area contributed by atoms with Gasteiger partial charge in [0.1, 0.15) is 11.7 Å². The molecule has 422 valence electrons. The van der Waals surface area contributed by atoms with Crippen LogP contribution >= 0.6 is 0 Å². The van der Waals surface area contributed by atoms with Crippen LogP contribution in [0.2, 0.25) is 54.4 Å². The highest BCUT2D eigenvalue weighted by Gasteiger charge is 2.51. The largest absolute Gasteiger partial charge is 0.457 e. The van der Waals surface area contributed by atoms with E-state index in [9.17, 15) is 9.59 Å². The summed E-state index contributed by atoms with van der Waals surface area (Å²) in [5, 5.41) is 0. The summed E-state index contributed by atoms with van der Waals surface area (Å²) in [5.41, 5.74) is -0.622. The minimum absolute atomic E-state index is 0.0749. The van der Waals surface area contributed by atoms with E-state index in [-0.39, 0.29) is 48.6 Å². The number of nitrogens with zero attached hydrogens (tertiary/aromatic N) is 2. The zero-order valence-corrected chi connectivity index (χ0v) is 52.3. The third-order valence-electron chi connectivity index (χ3n) is 17.5. The Hall–Kier alpha value is -1.93. The van der Waals surface area contributed by atoms with Crippen molar-refractivity contribution in [3.8, 4) is 0 Å². The molecule has 3 heterocycles. The maximum absolute atomic E-state index is 14.4. The van der Waals surface area contributed by atoms with Gasteiger partial charge in [0.15, 0.2) is 31.1 Å². The molecule has 2 fully saturated rings. The molecule has 3 aliphatic rings. The number of piperazine rings is 1. The zero-order valence-electron chi connectivity index (χ0n) is 49.3. The molecule has 0 spiro atoms. The molecular weight excluding hydrogens is 969 g/mol. The summed E-state index contributed by atoms with van der Waals surface area (Å²) in [5.74, 6) is -0.285. The Morgan fingerprint density at radius 1 is 0.890 bits per heavy atom. The number of rotatable bonds is 31. The van der Waals surface area contributed by atoms with Gasteiger partial charge in [0.25, 0.3) is 0 Å². The molecule has 0 aromatic heterocycles. The summed E-state index contributed by atoms with van der Waals surface area (Å²) in [6.45, 7) is 43.9. The van der Waals surface area contributed by atoms with Gasteiger partial charge in [-0.2, -0.15) is 0 Å². The normalized spacial score (nSPS) is 27.4. The number of amides is 1. The van der Waals surface area contributed by atoms with Gasteiger partial charge >= 0.3 is 12.1 Å². The number of ether oxygens (including phenoxy) is 5. The van der Waals surface area contributed by atoms with E-state index in [1.54, 1.807) is 4.90 Å². The Morgan fingerprint density at radius 2 is 1.49 bits per heavy atom. The van der Waals surface area contributed by atoms with Crippen molar-refractivity contribution < 1.29 is 46.6 Å². The molecule has 0 bridgehead atoms. The van der Waals surface area contributed by atoms with Crippen LogP contribution in [0.4, 0.5) is 4.79 Å². The minimum Gasteiger partial charge on any atom is -0.457 e. The topological polar surface area (TPSA) is 118 Å². The van der Waals surface area contributed by atoms with Crippen LogP contribution in [0.1, 0.15) is 143 Å². The monoisotopic (exact) mass is 1080 g/mol. The van der Waals surface area contributed by atoms with E-state index in [1.807, 2.05) is 39.0 Å².